The van der Waals surface area contributed by atoms with Crippen LogP contribution in [0.25, 0.3) is 0 Å². The molecule has 0 bridgehead atoms. The molecule has 1 aliphatic rings. The number of hydrogen-bond donors (Lipinski definition) is 0. The highest BCUT2D eigenvalue weighted by Gasteiger charge is 2.34. The van der Waals surface area contributed by atoms with Crippen LogP contribution in [0.1, 0.15) is 118 Å². The summed E-state index contributed by atoms with van der Waals surface area (Å²) in [4.78, 5) is 27.2. The predicted octanol–water partition coefficient (Wildman–Crippen LogP) is 7.19. The summed E-state index contributed by atoms with van der Waals surface area (Å²) in [5.41, 5.74) is 6.92. The van der Waals surface area contributed by atoms with E-state index in [0.717, 1.165) is 11.1 Å². The Morgan fingerprint density at radius 1 is 0.469 bits per heavy atom. The minimum Gasteiger partial charge on any atom is -0.269 e. The fourth-order valence-corrected chi connectivity index (χ4v) is 4.21. The van der Waals surface area contributed by atoms with Crippen molar-refractivity contribution in [2.24, 2.45) is 0 Å². The van der Waals surface area contributed by atoms with Crippen LogP contribution in [-0.2, 0) is 9.59 Å². The maximum Gasteiger partial charge on any atom is 0.254 e. The van der Waals surface area contributed by atoms with E-state index < -0.39 is 6.04 Å². The molecule has 3 nitrogen and oxygen atoms in total. The third kappa shape index (κ3) is 4.87. The number of carbonyl (C=O) groups excluding carboxylic acids is 2. The zero-order chi connectivity index (χ0) is 23.7. The second-order valence-electron chi connectivity index (χ2n) is 10.3. The summed E-state index contributed by atoms with van der Waals surface area (Å²) in [6.45, 7) is 17.5. The summed E-state index contributed by atoms with van der Waals surface area (Å²) in [5.74, 6) is 0.909. The predicted molar refractivity (Wildman–Crippen MR) is 132 cm³/mol. The Bertz CT molecular complexity index is 909. The second kappa shape index (κ2) is 9.44. The Balaban J connectivity index is 2.30. The van der Waals surface area contributed by atoms with Crippen molar-refractivity contribution in [2.45, 2.75) is 85.1 Å². The SMILES string of the molecule is CC(C)c1cc(C(C)C)cc(C(c2cc(C(C)C)cc(C(C)C)c2)N2C(=O)C=CC2=O)c1. The summed E-state index contributed by atoms with van der Waals surface area (Å²) in [6.07, 6.45) is 2.78. The lowest BCUT2D eigenvalue weighted by atomic mass is 9.85. The van der Waals surface area contributed by atoms with E-state index in [1.54, 1.807) is 0 Å². The molecule has 0 saturated heterocycles. The molecule has 0 aromatic heterocycles. The fourth-order valence-electron chi connectivity index (χ4n) is 4.21. The van der Waals surface area contributed by atoms with Crippen molar-refractivity contribution in [3.8, 4) is 0 Å². The Hall–Kier alpha value is -2.68. The first kappa shape index (κ1) is 24.0. The standard InChI is InChI=1S/C29H37NO2/c1-17(2)21-11-22(18(3)4)14-25(13-21)29(30-27(31)9-10-28(30)32)26-15-23(19(5)6)12-24(16-26)20(7)8/h9-20,29H,1-8H3. The molecule has 0 fully saturated rings. The number of rotatable bonds is 7. The Labute approximate surface area is 193 Å². The van der Waals surface area contributed by atoms with E-state index in [1.165, 1.54) is 39.3 Å². The summed E-state index contributed by atoms with van der Waals surface area (Å²) < 4.78 is 0. The van der Waals surface area contributed by atoms with E-state index in [9.17, 15) is 9.59 Å². The normalized spacial score (nSPS) is 14.3. The molecule has 3 heteroatoms. The van der Waals surface area contributed by atoms with Gasteiger partial charge in [0.1, 0.15) is 0 Å². The van der Waals surface area contributed by atoms with Crippen LogP contribution in [0.3, 0.4) is 0 Å². The van der Waals surface area contributed by atoms with Crippen molar-refractivity contribution >= 4 is 11.8 Å². The quantitative estimate of drug-likeness (QED) is 0.435. The van der Waals surface area contributed by atoms with Gasteiger partial charge in [0.25, 0.3) is 11.8 Å². The molecule has 1 heterocycles. The molecule has 2 aromatic carbocycles. The third-order valence-corrected chi connectivity index (χ3v) is 6.40. The van der Waals surface area contributed by atoms with Gasteiger partial charge >= 0.3 is 0 Å². The van der Waals surface area contributed by atoms with Gasteiger partial charge in [0.2, 0.25) is 0 Å². The Kier molecular flexibility index (Phi) is 7.07. The topological polar surface area (TPSA) is 37.4 Å². The molecule has 32 heavy (non-hydrogen) atoms. The van der Waals surface area contributed by atoms with Gasteiger partial charge in [-0.2, -0.15) is 0 Å². The van der Waals surface area contributed by atoms with Crippen LogP contribution in [-0.4, -0.2) is 16.7 Å². The van der Waals surface area contributed by atoms with E-state index in [0.29, 0.717) is 23.7 Å². The van der Waals surface area contributed by atoms with Crippen molar-refractivity contribution in [2.75, 3.05) is 0 Å². The molecule has 0 spiro atoms. The molecule has 0 saturated carbocycles. The fraction of sp³-hybridized carbons (Fsp3) is 0.448. The minimum atomic E-state index is -0.447. The van der Waals surface area contributed by atoms with E-state index in [-0.39, 0.29) is 11.8 Å². The number of hydrogen-bond acceptors (Lipinski definition) is 2. The highest BCUT2D eigenvalue weighted by atomic mass is 16.2. The first-order valence-corrected chi connectivity index (χ1v) is 11.8. The van der Waals surface area contributed by atoms with Crippen LogP contribution in [0.5, 0.6) is 0 Å². The maximum absolute atomic E-state index is 12.9. The average Bonchev–Trinajstić information content (AvgIpc) is 3.06. The first-order valence-electron chi connectivity index (χ1n) is 11.8. The van der Waals surface area contributed by atoms with E-state index >= 15 is 0 Å². The lowest BCUT2D eigenvalue weighted by molar-refractivity contribution is -0.138. The molecule has 1 aliphatic heterocycles. The molecular weight excluding hydrogens is 394 g/mol. The van der Waals surface area contributed by atoms with Gasteiger partial charge in [0, 0.05) is 12.2 Å². The van der Waals surface area contributed by atoms with Gasteiger partial charge in [-0.3, -0.25) is 14.5 Å². The van der Waals surface area contributed by atoms with E-state index in [4.69, 9.17) is 0 Å². The number of amides is 2. The number of imide groups is 1. The number of benzene rings is 2. The summed E-state index contributed by atoms with van der Waals surface area (Å²) in [7, 11) is 0. The third-order valence-electron chi connectivity index (χ3n) is 6.40. The van der Waals surface area contributed by atoms with Crippen molar-refractivity contribution in [1.82, 2.24) is 4.90 Å². The van der Waals surface area contributed by atoms with Gasteiger partial charge in [-0.05, 0) is 57.1 Å². The van der Waals surface area contributed by atoms with Crippen LogP contribution in [0.2, 0.25) is 0 Å². The minimum absolute atomic E-state index is 0.248. The molecule has 2 aromatic rings. The first-order chi connectivity index (χ1) is 15.0. The van der Waals surface area contributed by atoms with E-state index in [2.05, 4.69) is 91.8 Å². The van der Waals surface area contributed by atoms with Crippen molar-refractivity contribution in [1.29, 1.82) is 0 Å². The molecule has 0 atom stereocenters. The van der Waals surface area contributed by atoms with Crippen LogP contribution < -0.4 is 0 Å². The lowest BCUT2D eigenvalue weighted by Gasteiger charge is -2.30. The Morgan fingerprint density at radius 3 is 0.969 bits per heavy atom. The molecular formula is C29H37NO2. The second-order valence-corrected chi connectivity index (χ2v) is 10.3. The highest BCUT2D eigenvalue weighted by Crippen LogP contribution is 2.37. The number of nitrogens with zero attached hydrogens (tertiary/aromatic N) is 1. The maximum atomic E-state index is 12.9. The van der Waals surface area contributed by atoms with Gasteiger partial charge in [-0.25, -0.2) is 0 Å². The highest BCUT2D eigenvalue weighted by molar-refractivity contribution is 6.13. The molecule has 0 radical (unpaired) electrons. The van der Waals surface area contributed by atoms with Crippen LogP contribution >= 0.6 is 0 Å². The summed E-state index contributed by atoms with van der Waals surface area (Å²) in [6, 6.07) is 12.8. The van der Waals surface area contributed by atoms with E-state index in [1.807, 2.05) is 0 Å². The van der Waals surface area contributed by atoms with Gasteiger partial charge < -0.3 is 0 Å². The molecule has 0 aliphatic carbocycles. The van der Waals surface area contributed by atoms with Crippen LogP contribution in [0.15, 0.2) is 48.6 Å². The molecule has 3 rings (SSSR count). The largest absolute Gasteiger partial charge is 0.269 e. The Morgan fingerprint density at radius 2 is 0.719 bits per heavy atom. The average molecular weight is 432 g/mol. The zero-order valence-electron chi connectivity index (χ0n) is 20.8. The van der Waals surface area contributed by atoms with Crippen molar-refractivity contribution in [3.05, 3.63) is 81.9 Å². The molecule has 170 valence electrons. The number of carbonyl (C=O) groups is 2. The van der Waals surface area contributed by atoms with Crippen LogP contribution in [0.4, 0.5) is 0 Å². The smallest absolute Gasteiger partial charge is 0.254 e. The van der Waals surface area contributed by atoms with Gasteiger partial charge in [-0.1, -0.05) is 91.8 Å². The van der Waals surface area contributed by atoms with Gasteiger partial charge in [0.05, 0.1) is 6.04 Å². The lowest BCUT2D eigenvalue weighted by Crippen LogP contribution is -2.35. The molecule has 0 unspecified atom stereocenters. The van der Waals surface area contributed by atoms with Crippen molar-refractivity contribution in [3.63, 3.8) is 0 Å². The van der Waals surface area contributed by atoms with Gasteiger partial charge in [-0.15, -0.1) is 0 Å². The summed E-state index contributed by atoms with van der Waals surface area (Å²) >= 11 is 0. The zero-order valence-corrected chi connectivity index (χ0v) is 20.8. The van der Waals surface area contributed by atoms with Crippen LogP contribution in [0, 0.1) is 0 Å². The van der Waals surface area contributed by atoms with Gasteiger partial charge in [0.15, 0.2) is 0 Å². The monoisotopic (exact) mass is 431 g/mol. The summed E-state index contributed by atoms with van der Waals surface area (Å²) in [5, 5.41) is 0. The molecule has 0 N–H and O–H groups in total. The molecule has 2 amide bonds. The van der Waals surface area contributed by atoms with Crippen molar-refractivity contribution < 1.29 is 9.59 Å².